The number of hydrogen-bond acceptors (Lipinski definition) is 3. The number of nitrogens with zero attached hydrogens (tertiary/aromatic N) is 3. The van der Waals surface area contributed by atoms with Crippen molar-refractivity contribution in [1.29, 1.82) is 0 Å². The lowest BCUT2D eigenvalue weighted by molar-refractivity contribution is -0.144. The number of rotatable bonds is 0. The number of fused-ring (bicyclic) bond motifs is 1. The molecule has 0 unspecified atom stereocenters. The van der Waals surface area contributed by atoms with Gasteiger partial charge in [-0.1, -0.05) is 0 Å². The molecule has 0 aliphatic heterocycles. The topological polar surface area (TPSA) is 56.2 Å². The summed E-state index contributed by atoms with van der Waals surface area (Å²) in [4.78, 5) is 3.36. The predicted octanol–water partition coefficient (Wildman–Crippen LogP) is 1.64. The normalized spacial score (nSPS) is 12.3. The molecule has 0 aliphatic rings. The van der Waals surface area contributed by atoms with Crippen LogP contribution in [-0.4, -0.2) is 14.6 Å². The van der Waals surface area contributed by atoms with Crippen LogP contribution in [0.5, 0.6) is 0 Å². The number of halogens is 3. The number of aromatic nitrogens is 3. The largest absolute Gasteiger partial charge is 0.453 e. The Kier molecular flexibility index (Phi) is 1.85. The van der Waals surface area contributed by atoms with E-state index in [0.29, 0.717) is 11.3 Å². The van der Waals surface area contributed by atoms with Crippen molar-refractivity contribution < 1.29 is 13.2 Å². The van der Waals surface area contributed by atoms with Gasteiger partial charge < -0.3 is 5.73 Å². The van der Waals surface area contributed by atoms with Gasteiger partial charge in [-0.15, -0.1) is 5.10 Å². The Bertz CT molecular complexity index is 475. The highest BCUT2D eigenvalue weighted by molar-refractivity contribution is 5.53. The number of hydrogen-bond donors (Lipinski definition) is 1. The van der Waals surface area contributed by atoms with E-state index < -0.39 is 12.0 Å². The molecule has 2 heterocycles. The minimum atomic E-state index is -4.53. The van der Waals surface area contributed by atoms with Crippen molar-refractivity contribution in [1.82, 2.24) is 14.6 Å². The fourth-order valence-electron chi connectivity index (χ4n) is 1.16. The number of nitrogens with two attached hydrogens (primary N) is 1. The molecule has 0 aromatic carbocycles. The highest BCUT2D eigenvalue weighted by atomic mass is 19.4. The summed E-state index contributed by atoms with van der Waals surface area (Å²) >= 11 is 0. The third kappa shape index (κ3) is 1.60. The third-order valence-corrected chi connectivity index (χ3v) is 1.97. The van der Waals surface area contributed by atoms with E-state index in [1.165, 1.54) is 12.3 Å². The second kappa shape index (κ2) is 2.85. The Morgan fingerprint density at radius 1 is 1.40 bits per heavy atom. The van der Waals surface area contributed by atoms with Gasteiger partial charge in [-0.3, -0.25) is 0 Å². The first kappa shape index (κ1) is 9.75. The van der Waals surface area contributed by atoms with Crippen molar-refractivity contribution in [2.45, 2.75) is 13.1 Å². The fourth-order valence-corrected chi connectivity index (χ4v) is 1.16. The van der Waals surface area contributed by atoms with Crippen molar-refractivity contribution >= 4 is 11.3 Å². The molecule has 0 amide bonds. The lowest BCUT2D eigenvalue weighted by Crippen LogP contribution is -2.07. The minimum Gasteiger partial charge on any atom is -0.397 e. The molecule has 7 heteroatoms. The molecule has 2 N–H and O–H groups in total. The van der Waals surface area contributed by atoms with Gasteiger partial charge >= 0.3 is 6.18 Å². The number of alkyl halides is 3. The summed E-state index contributed by atoms with van der Waals surface area (Å²) in [5, 5.41) is 3.29. The lowest BCUT2D eigenvalue weighted by atomic mass is 10.2. The van der Waals surface area contributed by atoms with E-state index in [1.54, 1.807) is 6.92 Å². The van der Waals surface area contributed by atoms with Gasteiger partial charge in [-0.25, -0.2) is 9.50 Å². The van der Waals surface area contributed by atoms with Crippen molar-refractivity contribution in [3.05, 3.63) is 23.7 Å². The van der Waals surface area contributed by atoms with E-state index in [4.69, 9.17) is 5.73 Å². The second-order valence-corrected chi connectivity index (χ2v) is 3.15. The zero-order valence-electron chi connectivity index (χ0n) is 7.71. The molecule has 0 radical (unpaired) electrons. The molecule has 2 rings (SSSR count). The number of anilines is 1. The van der Waals surface area contributed by atoms with Gasteiger partial charge in [0, 0.05) is 0 Å². The standard InChI is InChI=1S/C8H7F3N4/c1-4-2-6-13-7(8(9,10)11)14-15(6)3-5(4)12/h2-3H,12H2,1H3. The molecule has 0 spiro atoms. The summed E-state index contributed by atoms with van der Waals surface area (Å²) in [6.07, 6.45) is -3.22. The maximum Gasteiger partial charge on any atom is 0.453 e. The van der Waals surface area contributed by atoms with Crippen LogP contribution < -0.4 is 5.73 Å². The molecular formula is C8H7F3N4. The van der Waals surface area contributed by atoms with Gasteiger partial charge in [-0.2, -0.15) is 13.2 Å². The van der Waals surface area contributed by atoms with E-state index in [9.17, 15) is 13.2 Å². The first-order valence-electron chi connectivity index (χ1n) is 4.07. The Morgan fingerprint density at radius 2 is 2.07 bits per heavy atom. The van der Waals surface area contributed by atoms with E-state index in [2.05, 4.69) is 10.1 Å². The molecule has 80 valence electrons. The van der Waals surface area contributed by atoms with Crippen LogP contribution in [0.25, 0.3) is 5.65 Å². The maximum absolute atomic E-state index is 12.3. The number of nitrogen functional groups attached to an aromatic ring is 1. The maximum atomic E-state index is 12.3. The van der Waals surface area contributed by atoms with Gasteiger partial charge in [0.1, 0.15) is 0 Å². The van der Waals surface area contributed by atoms with E-state index in [0.717, 1.165) is 4.52 Å². The van der Waals surface area contributed by atoms with Crippen LogP contribution in [0.2, 0.25) is 0 Å². The molecule has 0 atom stereocenters. The van der Waals surface area contributed by atoms with Crippen LogP contribution in [0.3, 0.4) is 0 Å². The molecule has 2 aromatic heterocycles. The van der Waals surface area contributed by atoms with Gasteiger partial charge in [0.05, 0.1) is 11.9 Å². The summed E-state index contributed by atoms with van der Waals surface area (Å²) in [5.41, 5.74) is 6.71. The molecule has 4 nitrogen and oxygen atoms in total. The SMILES string of the molecule is Cc1cc2nc(C(F)(F)F)nn2cc1N. The average molecular weight is 216 g/mol. The quantitative estimate of drug-likeness (QED) is 0.728. The monoisotopic (exact) mass is 216 g/mol. The van der Waals surface area contributed by atoms with Crippen LogP contribution in [0.4, 0.5) is 18.9 Å². The average Bonchev–Trinajstić information content (AvgIpc) is 2.47. The smallest absolute Gasteiger partial charge is 0.397 e. The van der Waals surface area contributed by atoms with Crippen molar-refractivity contribution in [3.8, 4) is 0 Å². The van der Waals surface area contributed by atoms with E-state index in [1.807, 2.05) is 0 Å². The highest BCUT2D eigenvalue weighted by Gasteiger charge is 2.36. The number of pyridine rings is 1. The first-order chi connectivity index (χ1) is 6.88. The van der Waals surface area contributed by atoms with Crippen LogP contribution in [0, 0.1) is 6.92 Å². The highest BCUT2D eigenvalue weighted by Crippen LogP contribution is 2.26. The molecule has 0 saturated heterocycles. The summed E-state index contributed by atoms with van der Waals surface area (Å²) in [6, 6.07) is 1.46. The summed E-state index contributed by atoms with van der Waals surface area (Å²) in [5.74, 6) is -1.16. The Morgan fingerprint density at radius 3 is 2.67 bits per heavy atom. The molecular weight excluding hydrogens is 209 g/mol. The molecule has 0 bridgehead atoms. The van der Waals surface area contributed by atoms with Crippen LogP contribution in [0.15, 0.2) is 12.3 Å². The zero-order valence-corrected chi connectivity index (χ0v) is 7.71. The van der Waals surface area contributed by atoms with Crippen molar-refractivity contribution in [2.24, 2.45) is 0 Å². The van der Waals surface area contributed by atoms with Gasteiger partial charge in [-0.05, 0) is 18.6 Å². The fraction of sp³-hybridized carbons (Fsp3) is 0.250. The third-order valence-electron chi connectivity index (χ3n) is 1.97. The molecule has 2 aromatic rings. The summed E-state index contributed by atoms with van der Waals surface area (Å²) in [6.45, 7) is 1.69. The van der Waals surface area contributed by atoms with Crippen molar-refractivity contribution in [3.63, 3.8) is 0 Å². The van der Waals surface area contributed by atoms with Gasteiger partial charge in [0.15, 0.2) is 5.65 Å². The van der Waals surface area contributed by atoms with E-state index >= 15 is 0 Å². The zero-order chi connectivity index (χ0) is 11.2. The Labute approximate surface area is 82.5 Å². The van der Waals surface area contributed by atoms with Gasteiger partial charge in [0.2, 0.25) is 0 Å². The summed E-state index contributed by atoms with van der Waals surface area (Å²) < 4.78 is 37.8. The molecule has 0 saturated carbocycles. The van der Waals surface area contributed by atoms with E-state index in [-0.39, 0.29) is 5.65 Å². The molecule has 0 aliphatic carbocycles. The Balaban J connectivity index is 2.66. The van der Waals surface area contributed by atoms with Crippen LogP contribution >= 0.6 is 0 Å². The molecule has 15 heavy (non-hydrogen) atoms. The summed E-state index contributed by atoms with van der Waals surface area (Å²) in [7, 11) is 0. The van der Waals surface area contributed by atoms with Crippen LogP contribution in [0.1, 0.15) is 11.4 Å². The van der Waals surface area contributed by atoms with Crippen LogP contribution in [-0.2, 0) is 6.18 Å². The van der Waals surface area contributed by atoms with Gasteiger partial charge in [0.25, 0.3) is 5.82 Å². The molecule has 0 fully saturated rings. The predicted molar refractivity (Wildman–Crippen MR) is 47.1 cm³/mol. The first-order valence-corrected chi connectivity index (χ1v) is 4.07. The minimum absolute atomic E-state index is 0.133. The second-order valence-electron chi connectivity index (χ2n) is 3.15. The Hall–Kier alpha value is -1.79. The lowest BCUT2D eigenvalue weighted by Gasteiger charge is -1.98. The van der Waals surface area contributed by atoms with Crippen molar-refractivity contribution in [2.75, 3.05) is 5.73 Å². The number of aryl methyl sites for hydroxylation is 1.